The number of likely N-dealkylation sites (tertiary alicyclic amines) is 1. The van der Waals surface area contributed by atoms with Crippen LogP contribution in [0.4, 0.5) is 0 Å². The fourth-order valence-corrected chi connectivity index (χ4v) is 2.75. The van der Waals surface area contributed by atoms with E-state index in [9.17, 15) is 9.59 Å². The van der Waals surface area contributed by atoms with Crippen molar-refractivity contribution in [3.05, 3.63) is 35.9 Å². The second-order valence-corrected chi connectivity index (χ2v) is 5.36. The zero-order chi connectivity index (χ0) is 15.2. The van der Waals surface area contributed by atoms with Crippen LogP contribution in [-0.2, 0) is 16.1 Å². The minimum Gasteiger partial charge on any atom is -0.480 e. The minimum atomic E-state index is -0.827. The van der Waals surface area contributed by atoms with Crippen molar-refractivity contribution in [3.63, 3.8) is 0 Å². The van der Waals surface area contributed by atoms with E-state index in [1.165, 1.54) is 0 Å². The molecule has 114 valence electrons. The Hall–Kier alpha value is -1.88. The van der Waals surface area contributed by atoms with Gasteiger partial charge in [0.2, 0.25) is 5.91 Å². The van der Waals surface area contributed by atoms with Gasteiger partial charge in [0, 0.05) is 13.1 Å². The molecule has 1 unspecified atom stereocenters. The van der Waals surface area contributed by atoms with Gasteiger partial charge in [0.05, 0.1) is 6.54 Å². The number of amides is 1. The van der Waals surface area contributed by atoms with E-state index in [4.69, 9.17) is 5.11 Å². The van der Waals surface area contributed by atoms with Gasteiger partial charge in [0.25, 0.3) is 0 Å². The van der Waals surface area contributed by atoms with E-state index < -0.39 is 12.0 Å². The third-order valence-electron chi connectivity index (χ3n) is 3.94. The molecule has 1 N–H and O–H groups in total. The Morgan fingerprint density at radius 1 is 1.33 bits per heavy atom. The molecular formula is C16H22N2O3. The quantitative estimate of drug-likeness (QED) is 0.864. The summed E-state index contributed by atoms with van der Waals surface area (Å²) in [6.07, 6.45) is 1.47. The summed E-state index contributed by atoms with van der Waals surface area (Å²) in [6, 6.07) is 9.33. The van der Waals surface area contributed by atoms with Gasteiger partial charge < -0.3 is 10.0 Å². The summed E-state index contributed by atoms with van der Waals surface area (Å²) in [7, 11) is 0. The van der Waals surface area contributed by atoms with Gasteiger partial charge in [-0.3, -0.25) is 14.5 Å². The summed E-state index contributed by atoms with van der Waals surface area (Å²) >= 11 is 0. The highest BCUT2D eigenvalue weighted by molar-refractivity contribution is 5.80. The number of likely N-dealkylation sites (N-methyl/N-ethyl adjacent to an activating group) is 1. The summed E-state index contributed by atoms with van der Waals surface area (Å²) < 4.78 is 0. The highest BCUT2D eigenvalue weighted by atomic mass is 16.4. The number of carboxylic acids is 1. The Bertz CT molecular complexity index is 490. The fraction of sp³-hybridized carbons (Fsp3) is 0.500. The lowest BCUT2D eigenvalue weighted by atomic mass is 10.2. The standard InChI is InChI=1S/C16H22N2O3/c1-2-17(11-13-7-4-3-5-8-13)15(19)12-18-10-6-9-14(18)16(20)21/h3-5,7-8,14H,2,6,9-12H2,1H3,(H,20,21). The van der Waals surface area contributed by atoms with E-state index in [0.29, 0.717) is 26.1 Å². The molecule has 1 aliphatic rings. The van der Waals surface area contributed by atoms with E-state index in [2.05, 4.69) is 0 Å². The first-order valence-electron chi connectivity index (χ1n) is 7.40. The van der Waals surface area contributed by atoms with E-state index in [1.807, 2.05) is 37.3 Å². The van der Waals surface area contributed by atoms with Crippen LogP contribution in [0.2, 0.25) is 0 Å². The number of hydrogen-bond donors (Lipinski definition) is 1. The van der Waals surface area contributed by atoms with Gasteiger partial charge in [-0.05, 0) is 31.9 Å². The van der Waals surface area contributed by atoms with E-state index >= 15 is 0 Å². The Morgan fingerprint density at radius 3 is 2.67 bits per heavy atom. The Balaban J connectivity index is 1.95. The first-order chi connectivity index (χ1) is 10.1. The van der Waals surface area contributed by atoms with Crippen molar-refractivity contribution in [1.82, 2.24) is 9.80 Å². The van der Waals surface area contributed by atoms with Crippen LogP contribution in [-0.4, -0.2) is 52.5 Å². The van der Waals surface area contributed by atoms with Crippen LogP contribution in [0, 0.1) is 0 Å². The number of carboxylic acid groups (broad SMARTS) is 1. The van der Waals surface area contributed by atoms with Crippen molar-refractivity contribution in [3.8, 4) is 0 Å². The van der Waals surface area contributed by atoms with Crippen molar-refractivity contribution >= 4 is 11.9 Å². The summed E-state index contributed by atoms with van der Waals surface area (Å²) in [5.41, 5.74) is 1.09. The van der Waals surface area contributed by atoms with Crippen LogP contribution >= 0.6 is 0 Å². The van der Waals surface area contributed by atoms with Gasteiger partial charge >= 0.3 is 5.97 Å². The largest absolute Gasteiger partial charge is 0.480 e. The van der Waals surface area contributed by atoms with Gasteiger partial charge in [0.15, 0.2) is 0 Å². The Kier molecular flexibility index (Phi) is 5.33. The Morgan fingerprint density at radius 2 is 2.05 bits per heavy atom. The van der Waals surface area contributed by atoms with Crippen molar-refractivity contribution in [2.24, 2.45) is 0 Å². The summed E-state index contributed by atoms with van der Waals surface area (Å²) in [5.74, 6) is -0.832. The van der Waals surface area contributed by atoms with Gasteiger partial charge in [-0.1, -0.05) is 30.3 Å². The molecular weight excluding hydrogens is 268 g/mol. The van der Waals surface area contributed by atoms with Crippen LogP contribution in [0.25, 0.3) is 0 Å². The van der Waals surface area contributed by atoms with E-state index in [1.54, 1.807) is 9.80 Å². The summed E-state index contributed by atoms with van der Waals surface area (Å²) in [6.45, 7) is 4.02. The molecule has 1 fully saturated rings. The van der Waals surface area contributed by atoms with E-state index in [-0.39, 0.29) is 12.5 Å². The molecule has 5 heteroatoms. The molecule has 1 saturated heterocycles. The maximum Gasteiger partial charge on any atom is 0.320 e. The lowest BCUT2D eigenvalue weighted by Gasteiger charge is -2.26. The Labute approximate surface area is 125 Å². The number of nitrogens with zero attached hydrogens (tertiary/aromatic N) is 2. The molecule has 0 spiro atoms. The van der Waals surface area contributed by atoms with Crippen LogP contribution in [0.5, 0.6) is 0 Å². The maximum absolute atomic E-state index is 12.4. The molecule has 1 atom stereocenters. The van der Waals surface area contributed by atoms with Crippen molar-refractivity contribution in [2.75, 3.05) is 19.6 Å². The van der Waals surface area contributed by atoms with Crippen LogP contribution in [0.3, 0.4) is 0 Å². The lowest BCUT2D eigenvalue weighted by Crippen LogP contribution is -2.44. The average Bonchev–Trinajstić information content (AvgIpc) is 2.94. The molecule has 1 aromatic rings. The molecule has 1 aromatic carbocycles. The maximum atomic E-state index is 12.4. The molecule has 1 amide bonds. The van der Waals surface area contributed by atoms with E-state index in [0.717, 1.165) is 12.0 Å². The zero-order valence-corrected chi connectivity index (χ0v) is 12.4. The molecule has 0 aliphatic carbocycles. The number of carbonyl (C=O) groups is 2. The number of carbonyl (C=O) groups excluding carboxylic acids is 1. The third-order valence-corrected chi connectivity index (χ3v) is 3.94. The molecule has 2 rings (SSSR count). The SMILES string of the molecule is CCN(Cc1ccccc1)C(=O)CN1CCCC1C(=O)O. The second-order valence-electron chi connectivity index (χ2n) is 5.36. The number of rotatable bonds is 6. The molecule has 1 heterocycles. The molecule has 21 heavy (non-hydrogen) atoms. The highest BCUT2D eigenvalue weighted by Gasteiger charge is 2.32. The van der Waals surface area contributed by atoms with Crippen LogP contribution in [0.1, 0.15) is 25.3 Å². The first kappa shape index (κ1) is 15.5. The second kappa shape index (κ2) is 7.22. The predicted molar refractivity (Wildman–Crippen MR) is 79.8 cm³/mol. The summed E-state index contributed by atoms with van der Waals surface area (Å²) in [4.78, 5) is 27.1. The lowest BCUT2D eigenvalue weighted by molar-refractivity contribution is -0.143. The molecule has 0 radical (unpaired) electrons. The number of benzene rings is 1. The molecule has 0 saturated carbocycles. The van der Waals surface area contributed by atoms with Gasteiger partial charge in [-0.25, -0.2) is 0 Å². The first-order valence-corrected chi connectivity index (χ1v) is 7.40. The minimum absolute atomic E-state index is 0.00509. The number of hydrogen-bond acceptors (Lipinski definition) is 3. The third kappa shape index (κ3) is 4.04. The number of aliphatic carboxylic acids is 1. The molecule has 1 aliphatic heterocycles. The zero-order valence-electron chi connectivity index (χ0n) is 12.4. The molecule has 5 nitrogen and oxygen atoms in total. The average molecular weight is 290 g/mol. The molecule has 0 bridgehead atoms. The van der Waals surface area contributed by atoms with Crippen molar-refractivity contribution in [1.29, 1.82) is 0 Å². The van der Waals surface area contributed by atoms with Crippen LogP contribution in [0.15, 0.2) is 30.3 Å². The van der Waals surface area contributed by atoms with Crippen molar-refractivity contribution < 1.29 is 14.7 Å². The predicted octanol–water partition coefficient (Wildman–Crippen LogP) is 1.58. The fourth-order valence-electron chi connectivity index (χ4n) is 2.75. The smallest absolute Gasteiger partial charge is 0.320 e. The van der Waals surface area contributed by atoms with Crippen LogP contribution < -0.4 is 0 Å². The van der Waals surface area contributed by atoms with Crippen molar-refractivity contribution in [2.45, 2.75) is 32.4 Å². The van der Waals surface area contributed by atoms with Gasteiger partial charge in [-0.15, -0.1) is 0 Å². The van der Waals surface area contributed by atoms with Gasteiger partial charge in [-0.2, -0.15) is 0 Å². The molecule has 0 aromatic heterocycles. The normalized spacial score (nSPS) is 18.6. The topological polar surface area (TPSA) is 60.9 Å². The highest BCUT2D eigenvalue weighted by Crippen LogP contribution is 2.17. The monoisotopic (exact) mass is 290 g/mol. The summed E-state index contributed by atoms with van der Waals surface area (Å²) in [5, 5.41) is 9.16. The van der Waals surface area contributed by atoms with Gasteiger partial charge in [0.1, 0.15) is 6.04 Å².